The fourth-order valence-electron chi connectivity index (χ4n) is 3.86. The molecule has 6 nitrogen and oxygen atoms in total. The van der Waals surface area contributed by atoms with E-state index in [-0.39, 0.29) is 17.9 Å². The molecule has 1 saturated carbocycles. The first-order valence-electron chi connectivity index (χ1n) is 8.70. The molecular weight excluding hydrogens is 340 g/mol. The maximum atomic E-state index is 13.5. The minimum atomic E-state index is -0.268. The third kappa shape index (κ3) is 4.59. The van der Waals surface area contributed by atoms with Crippen LogP contribution in [-0.4, -0.2) is 73.7 Å². The Kier molecular flexibility index (Phi) is 7.40. The lowest BCUT2D eigenvalue weighted by Crippen LogP contribution is -2.57. The molecule has 2 heterocycles. The average molecular weight is 368 g/mol. The molecule has 1 amide bonds. The van der Waals surface area contributed by atoms with Gasteiger partial charge in [-0.1, -0.05) is 18.9 Å². The van der Waals surface area contributed by atoms with Crippen LogP contribution in [0.3, 0.4) is 0 Å². The molecule has 2 aliphatic rings. The monoisotopic (exact) mass is 368 g/mol. The number of thiophene rings is 1. The van der Waals surface area contributed by atoms with Gasteiger partial charge in [-0.3, -0.25) is 9.59 Å². The number of morpholine rings is 1. The van der Waals surface area contributed by atoms with Crippen molar-refractivity contribution in [2.24, 2.45) is 0 Å². The van der Waals surface area contributed by atoms with Gasteiger partial charge in [0.2, 0.25) is 5.91 Å². The van der Waals surface area contributed by atoms with E-state index in [0.717, 1.165) is 38.8 Å². The van der Waals surface area contributed by atoms with Crippen LogP contribution in [0.4, 0.5) is 0 Å². The first-order valence-corrected chi connectivity index (χ1v) is 9.58. The van der Waals surface area contributed by atoms with Crippen LogP contribution >= 0.6 is 11.3 Å². The van der Waals surface area contributed by atoms with Crippen molar-refractivity contribution in [3.63, 3.8) is 0 Å². The summed E-state index contributed by atoms with van der Waals surface area (Å²) in [5.74, 6) is 0.336. The number of likely N-dealkylation sites (N-methyl/N-ethyl adjacent to an activating group) is 1. The third-order valence-corrected chi connectivity index (χ3v) is 6.00. The summed E-state index contributed by atoms with van der Waals surface area (Å²) in [7, 11) is 4.11. The predicted octanol–water partition coefficient (Wildman–Crippen LogP) is 2.05. The Hall–Kier alpha value is -1.44. The molecule has 140 valence electrons. The van der Waals surface area contributed by atoms with Gasteiger partial charge in [0.1, 0.15) is 0 Å². The van der Waals surface area contributed by atoms with E-state index < -0.39 is 0 Å². The van der Waals surface area contributed by atoms with Crippen molar-refractivity contribution >= 4 is 23.7 Å². The van der Waals surface area contributed by atoms with E-state index in [0.29, 0.717) is 19.1 Å². The lowest BCUT2D eigenvalue weighted by molar-refractivity contribution is -0.146. The lowest BCUT2D eigenvalue weighted by Gasteiger charge is -2.42. The van der Waals surface area contributed by atoms with Crippen LogP contribution < -0.4 is 0 Å². The summed E-state index contributed by atoms with van der Waals surface area (Å²) in [5.41, 5.74) is -0.268. The molecule has 1 aromatic rings. The van der Waals surface area contributed by atoms with Crippen LogP contribution in [0.15, 0.2) is 17.5 Å². The van der Waals surface area contributed by atoms with Crippen LogP contribution in [0.25, 0.3) is 0 Å². The van der Waals surface area contributed by atoms with Gasteiger partial charge in [-0.15, -0.1) is 11.3 Å². The molecule has 0 radical (unpaired) electrons. The highest BCUT2D eigenvalue weighted by Crippen LogP contribution is 2.44. The molecule has 1 aliphatic carbocycles. The van der Waals surface area contributed by atoms with Crippen molar-refractivity contribution in [3.8, 4) is 0 Å². The number of ether oxygens (including phenoxy) is 1. The summed E-state index contributed by atoms with van der Waals surface area (Å²) < 4.78 is 5.63. The van der Waals surface area contributed by atoms with Gasteiger partial charge in [-0.05, 0) is 38.4 Å². The van der Waals surface area contributed by atoms with Gasteiger partial charge in [0.05, 0.1) is 24.7 Å². The van der Waals surface area contributed by atoms with Gasteiger partial charge >= 0.3 is 0 Å². The van der Waals surface area contributed by atoms with E-state index in [1.165, 1.54) is 4.88 Å². The number of carboxylic acid groups (broad SMARTS) is 1. The molecule has 7 heteroatoms. The Bertz CT molecular complexity index is 541. The zero-order valence-corrected chi connectivity index (χ0v) is 15.8. The van der Waals surface area contributed by atoms with Crippen molar-refractivity contribution in [2.45, 2.75) is 37.1 Å². The maximum Gasteiger partial charge on any atom is 0.290 e. The van der Waals surface area contributed by atoms with Gasteiger partial charge in [0, 0.05) is 18.0 Å². The third-order valence-electron chi connectivity index (χ3n) is 4.92. The number of hydrogen-bond donors (Lipinski definition) is 1. The Morgan fingerprint density at radius 3 is 2.72 bits per heavy atom. The molecular formula is C18H28N2O4S. The normalized spacial score (nSPS) is 22.4. The van der Waals surface area contributed by atoms with Crippen LogP contribution in [-0.2, 0) is 19.7 Å². The Morgan fingerprint density at radius 1 is 1.48 bits per heavy atom. The fourth-order valence-corrected chi connectivity index (χ4v) is 4.84. The minimum Gasteiger partial charge on any atom is -0.483 e. The van der Waals surface area contributed by atoms with Gasteiger partial charge < -0.3 is 19.6 Å². The number of rotatable bonds is 4. The van der Waals surface area contributed by atoms with Crippen LogP contribution in [0.5, 0.6) is 0 Å². The molecule has 1 unspecified atom stereocenters. The molecule has 0 spiro atoms. The molecule has 0 aromatic carbocycles. The van der Waals surface area contributed by atoms with E-state index in [9.17, 15) is 4.79 Å². The molecule has 1 saturated heterocycles. The fraction of sp³-hybridized carbons (Fsp3) is 0.667. The average Bonchev–Trinajstić information content (AvgIpc) is 3.27. The molecule has 1 aliphatic heterocycles. The second-order valence-electron chi connectivity index (χ2n) is 6.86. The smallest absolute Gasteiger partial charge is 0.290 e. The number of nitrogens with zero attached hydrogens (tertiary/aromatic N) is 2. The number of carbonyl (C=O) groups is 2. The summed E-state index contributed by atoms with van der Waals surface area (Å²) >= 11 is 1.74. The summed E-state index contributed by atoms with van der Waals surface area (Å²) in [4.78, 5) is 27.3. The summed E-state index contributed by atoms with van der Waals surface area (Å²) in [6, 6.07) is 4.40. The highest BCUT2D eigenvalue weighted by atomic mass is 32.1. The number of carbonyl (C=O) groups excluding carboxylic acids is 1. The first kappa shape index (κ1) is 19.9. The molecule has 3 rings (SSSR count). The van der Waals surface area contributed by atoms with E-state index >= 15 is 0 Å². The Balaban J connectivity index is 0.000000701. The quantitative estimate of drug-likeness (QED) is 0.824. The van der Waals surface area contributed by atoms with E-state index in [1.807, 2.05) is 0 Å². The van der Waals surface area contributed by atoms with E-state index in [2.05, 4.69) is 41.4 Å². The summed E-state index contributed by atoms with van der Waals surface area (Å²) in [6.45, 7) is 2.66. The molecule has 1 atom stereocenters. The topological polar surface area (TPSA) is 70.1 Å². The summed E-state index contributed by atoms with van der Waals surface area (Å²) in [5, 5.41) is 8.99. The van der Waals surface area contributed by atoms with Gasteiger partial charge in [0.25, 0.3) is 6.47 Å². The molecule has 1 N–H and O–H groups in total. The van der Waals surface area contributed by atoms with Gasteiger partial charge in [-0.2, -0.15) is 0 Å². The molecule has 0 bridgehead atoms. The van der Waals surface area contributed by atoms with E-state index in [4.69, 9.17) is 14.6 Å². The standard InChI is InChI=1S/C17H26N2O2S.CH2O2/c1-18(2)12-14-13-21-10-9-19(14)16(20)17(7-3-4-8-17)15-6-5-11-22-15;2-1-3/h5-6,11,14H,3-4,7-10,12-13H2,1-2H3;1H,(H,2,3). The van der Waals surface area contributed by atoms with Gasteiger partial charge in [-0.25, -0.2) is 0 Å². The predicted molar refractivity (Wildman–Crippen MR) is 98.0 cm³/mol. The maximum absolute atomic E-state index is 13.5. The lowest BCUT2D eigenvalue weighted by atomic mass is 9.82. The number of amides is 1. The highest BCUT2D eigenvalue weighted by molar-refractivity contribution is 7.10. The molecule has 1 aromatic heterocycles. The second-order valence-corrected chi connectivity index (χ2v) is 7.81. The van der Waals surface area contributed by atoms with Crippen LogP contribution in [0.2, 0.25) is 0 Å². The molecule has 2 fully saturated rings. The van der Waals surface area contributed by atoms with Crippen molar-refractivity contribution < 1.29 is 19.4 Å². The highest BCUT2D eigenvalue weighted by Gasteiger charge is 2.47. The van der Waals surface area contributed by atoms with E-state index in [1.54, 1.807) is 11.3 Å². The zero-order chi connectivity index (χ0) is 18.3. The van der Waals surface area contributed by atoms with Crippen molar-refractivity contribution in [2.75, 3.05) is 40.4 Å². The zero-order valence-electron chi connectivity index (χ0n) is 15.0. The minimum absolute atomic E-state index is 0.175. The number of hydrogen-bond acceptors (Lipinski definition) is 5. The van der Waals surface area contributed by atoms with Crippen molar-refractivity contribution in [1.82, 2.24) is 9.80 Å². The second kappa shape index (κ2) is 9.31. The largest absolute Gasteiger partial charge is 0.483 e. The SMILES string of the molecule is CN(C)CC1COCCN1C(=O)C1(c2cccs2)CCCC1.O=CO. The summed E-state index contributed by atoms with van der Waals surface area (Å²) in [6.07, 6.45) is 4.31. The first-order chi connectivity index (χ1) is 12.0. The van der Waals surface area contributed by atoms with Gasteiger partial charge in [0.15, 0.2) is 0 Å². The van der Waals surface area contributed by atoms with Crippen LogP contribution in [0.1, 0.15) is 30.6 Å². The Morgan fingerprint density at radius 2 is 2.16 bits per heavy atom. The Labute approximate surface area is 153 Å². The van der Waals surface area contributed by atoms with Crippen molar-refractivity contribution in [3.05, 3.63) is 22.4 Å². The molecule has 25 heavy (non-hydrogen) atoms. The van der Waals surface area contributed by atoms with Crippen molar-refractivity contribution in [1.29, 1.82) is 0 Å². The van der Waals surface area contributed by atoms with Crippen LogP contribution in [0, 0.1) is 0 Å².